The quantitative estimate of drug-likeness (QED) is 0.484. The minimum atomic E-state index is 0.682. The normalized spacial score (nSPS) is 11.4. The van der Waals surface area contributed by atoms with E-state index in [1.54, 1.807) is 19.6 Å². The van der Waals surface area contributed by atoms with Crippen LogP contribution in [0.2, 0.25) is 0 Å². The van der Waals surface area contributed by atoms with Crippen molar-refractivity contribution in [1.29, 1.82) is 0 Å². The van der Waals surface area contributed by atoms with Crippen LogP contribution in [0.4, 0.5) is 0 Å². The summed E-state index contributed by atoms with van der Waals surface area (Å²) in [6.45, 7) is 4.15. The van der Waals surface area contributed by atoms with Crippen LogP contribution in [0.3, 0.4) is 0 Å². The average molecular weight is 370 g/mol. The van der Waals surface area contributed by atoms with Crippen LogP contribution in [-0.2, 0) is 0 Å². The molecule has 0 atom stereocenters. The molecule has 7 nitrogen and oxygen atoms in total. The molecule has 3 aromatic heterocycles. The van der Waals surface area contributed by atoms with E-state index in [0.29, 0.717) is 11.5 Å². The van der Waals surface area contributed by atoms with Crippen molar-refractivity contribution in [3.63, 3.8) is 0 Å². The zero-order valence-electron chi connectivity index (χ0n) is 15.8. The van der Waals surface area contributed by atoms with Gasteiger partial charge in [0.1, 0.15) is 12.1 Å². The van der Waals surface area contributed by atoms with Gasteiger partial charge in [-0.05, 0) is 37.6 Å². The Hall–Kier alpha value is -3.74. The van der Waals surface area contributed by atoms with Crippen LogP contribution in [0.5, 0.6) is 5.75 Å². The van der Waals surface area contributed by atoms with Crippen molar-refractivity contribution in [2.45, 2.75) is 13.8 Å². The number of fused-ring (bicyclic) bond motifs is 3. The van der Waals surface area contributed by atoms with E-state index in [9.17, 15) is 0 Å². The second kappa shape index (κ2) is 6.16. The van der Waals surface area contributed by atoms with Crippen LogP contribution < -0.4 is 4.74 Å². The lowest BCUT2D eigenvalue weighted by Gasteiger charge is -2.08. The maximum absolute atomic E-state index is 5.47. The van der Waals surface area contributed by atoms with Crippen LogP contribution in [0, 0.1) is 13.8 Å². The third-order valence-electron chi connectivity index (χ3n) is 4.90. The molecule has 0 aliphatic rings. The summed E-state index contributed by atoms with van der Waals surface area (Å²) >= 11 is 0. The molecule has 28 heavy (non-hydrogen) atoms. The molecule has 0 unspecified atom stereocenters. The highest BCUT2D eigenvalue weighted by molar-refractivity contribution is 5.90. The first-order valence-corrected chi connectivity index (χ1v) is 8.96. The van der Waals surface area contributed by atoms with E-state index in [2.05, 4.69) is 52.3 Å². The molecular weight excluding hydrogens is 352 g/mol. The Balaban J connectivity index is 1.73. The van der Waals surface area contributed by atoms with Crippen molar-refractivity contribution in [2.75, 3.05) is 7.11 Å². The number of ether oxygens (including phenoxy) is 1. The molecular formula is C21H18N6O. The fourth-order valence-electron chi connectivity index (χ4n) is 3.55. The summed E-state index contributed by atoms with van der Waals surface area (Å²) in [6.07, 6.45) is 3.53. The van der Waals surface area contributed by atoms with E-state index in [4.69, 9.17) is 4.74 Å². The van der Waals surface area contributed by atoms with Gasteiger partial charge in [-0.3, -0.25) is 4.40 Å². The Morgan fingerprint density at radius 3 is 2.64 bits per heavy atom. The first-order chi connectivity index (χ1) is 13.7. The third kappa shape index (κ3) is 2.36. The van der Waals surface area contributed by atoms with Gasteiger partial charge in [0, 0.05) is 0 Å². The molecule has 3 heterocycles. The lowest BCUT2D eigenvalue weighted by Crippen LogP contribution is -2.01. The van der Waals surface area contributed by atoms with Gasteiger partial charge in [-0.2, -0.15) is 5.10 Å². The third-order valence-corrected chi connectivity index (χ3v) is 4.90. The summed E-state index contributed by atoms with van der Waals surface area (Å²) in [5.74, 6) is 1.42. The van der Waals surface area contributed by atoms with Gasteiger partial charge in [0.25, 0.3) is 0 Å². The second-order valence-electron chi connectivity index (χ2n) is 6.75. The Kier molecular flexibility index (Phi) is 3.61. The number of aromatic nitrogens is 6. The van der Waals surface area contributed by atoms with Crippen LogP contribution in [0.25, 0.3) is 33.8 Å². The van der Waals surface area contributed by atoms with E-state index in [1.165, 1.54) is 5.56 Å². The summed E-state index contributed by atoms with van der Waals surface area (Å²) in [6, 6.07) is 14.0. The Morgan fingerprint density at radius 1 is 0.964 bits per heavy atom. The summed E-state index contributed by atoms with van der Waals surface area (Å²) in [5.41, 5.74) is 5.68. The van der Waals surface area contributed by atoms with Gasteiger partial charge in [0.05, 0.1) is 29.9 Å². The van der Waals surface area contributed by atoms with Crippen molar-refractivity contribution in [2.24, 2.45) is 0 Å². The van der Waals surface area contributed by atoms with Crippen molar-refractivity contribution in [3.8, 4) is 22.8 Å². The van der Waals surface area contributed by atoms with Gasteiger partial charge in [0.2, 0.25) is 0 Å². The van der Waals surface area contributed by atoms with Crippen LogP contribution >= 0.6 is 0 Å². The number of para-hydroxylation sites is 1. The Bertz CT molecular complexity index is 1330. The molecule has 0 aliphatic heterocycles. The molecule has 5 rings (SSSR count). The number of hydrogen-bond donors (Lipinski definition) is 0. The van der Waals surface area contributed by atoms with Crippen molar-refractivity contribution < 1.29 is 4.74 Å². The standard InChI is InChI=1S/C21H18N6O/c1-13-8-9-17(14(2)10-13)27-19-16(11-23-27)21-25-24-20(26(21)12-22-19)15-6-4-5-7-18(15)28-3/h4-12H,1-3H3. The summed E-state index contributed by atoms with van der Waals surface area (Å²) in [7, 11) is 1.65. The lowest BCUT2D eigenvalue weighted by molar-refractivity contribution is 0.416. The van der Waals surface area contributed by atoms with E-state index in [-0.39, 0.29) is 0 Å². The molecule has 0 bridgehead atoms. The molecule has 7 heteroatoms. The zero-order valence-corrected chi connectivity index (χ0v) is 15.8. The van der Waals surface area contributed by atoms with Crippen molar-refractivity contribution in [3.05, 3.63) is 66.1 Å². The maximum Gasteiger partial charge on any atom is 0.175 e. The van der Waals surface area contributed by atoms with Crippen molar-refractivity contribution in [1.82, 2.24) is 29.4 Å². The molecule has 0 radical (unpaired) electrons. The number of nitrogens with zero attached hydrogens (tertiary/aromatic N) is 6. The van der Waals surface area contributed by atoms with Gasteiger partial charge in [-0.1, -0.05) is 29.8 Å². The predicted molar refractivity (Wildman–Crippen MR) is 107 cm³/mol. The fraction of sp³-hybridized carbons (Fsp3) is 0.143. The molecule has 5 aromatic rings. The van der Waals surface area contributed by atoms with Crippen LogP contribution in [0.15, 0.2) is 55.0 Å². The van der Waals surface area contributed by atoms with Gasteiger partial charge in [0.15, 0.2) is 17.1 Å². The SMILES string of the molecule is COc1ccccc1-c1nnc2c3cnn(-c4ccc(C)cc4C)c3ncn12. The first kappa shape index (κ1) is 16.4. The van der Waals surface area contributed by atoms with E-state index in [0.717, 1.165) is 33.6 Å². The van der Waals surface area contributed by atoms with E-state index in [1.807, 2.05) is 33.3 Å². The minimum absolute atomic E-state index is 0.682. The highest BCUT2D eigenvalue weighted by atomic mass is 16.5. The highest BCUT2D eigenvalue weighted by Gasteiger charge is 2.17. The molecule has 0 spiro atoms. The molecule has 2 aromatic carbocycles. The number of rotatable bonds is 3. The number of benzene rings is 2. The summed E-state index contributed by atoms with van der Waals surface area (Å²) < 4.78 is 9.19. The molecule has 0 aliphatic carbocycles. The number of hydrogen-bond acceptors (Lipinski definition) is 5. The van der Waals surface area contributed by atoms with Gasteiger partial charge in [-0.15, -0.1) is 10.2 Å². The largest absolute Gasteiger partial charge is 0.496 e. The monoisotopic (exact) mass is 370 g/mol. The molecule has 0 N–H and O–H groups in total. The zero-order chi connectivity index (χ0) is 19.3. The van der Waals surface area contributed by atoms with E-state index < -0.39 is 0 Å². The van der Waals surface area contributed by atoms with Crippen molar-refractivity contribution >= 4 is 16.7 Å². The number of methoxy groups -OCH3 is 1. The van der Waals surface area contributed by atoms with E-state index >= 15 is 0 Å². The molecule has 0 saturated heterocycles. The van der Waals surface area contributed by atoms with Gasteiger partial charge >= 0.3 is 0 Å². The number of aryl methyl sites for hydroxylation is 2. The molecule has 0 fully saturated rings. The van der Waals surface area contributed by atoms with Gasteiger partial charge in [-0.25, -0.2) is 9.67 Å². The first-order valence-electron chi connectivity index (χ1n) is 8.96. The van der Waals surface area contributed by atoms with Gasteiger partial charge < -0.3 is 4.74 Å². The molecule has 0 amide bonds. The highest BCUT2D eigenvalue weighted by Crippen LogP contribution is 2.30. The summed E-state index contributed by atoms with van der Waals surface area (Å²) in [5, 5.41) is 14.2. The Morgan fingerprint density at radius 2 is 1.82 bits per heavy atom. The average Bonchev–Trinajstić information content (AvgIpc) is 3.32. The summed E-state index contributed by atoms with van der Waals surface area (Å²) in [4.78, 5) is 4.67. The van der Waals surface area contributed by atoms with Crippen LogP contribution in [0.1, 0.15) is 11.1 Å². The minimum Gasteiger partial charge on any atom is -0.496 e. The molecule has 138 valence electrons. The maximum atomic E-state index is 5.47. The Labute approximate surface area is 161 Å². The second-order valence-corrected chi connectivity index (χ2v) is 6.75. The fourth-order valence-corrected chi connectivity index (χ4v) is 3.55. The lowest BCUT2D eigenvalue weighted by atomic mass is 10.1. The topological polar surface area (TPSA) is 70.1 Å². The molecule has 0 saturated carbocycles. The van der Waals surface area contributed by atoms with Crippen LogP contribution in [-0.4, -0.2) is 36.5 Å². The predicted octanol–water partition coefficient (Wildman–Crippen LogP) is 3.76. The smallest absolute Gasteiger partial charge is 0.175 e.